The van der Waals surface area contributed by atoms with Crippen LogP contribution in [-0.2, 0) is 6.54 Å². The lowest BCUT2D eigenvalue weighted by Gasteiger charge is -2.03. The summed E-state index contributed by atoms with van der Waals surface area (Å²) in [7, 11) is 0. The Morgan fingerprint density at radius 3 is 3.12 bits per heavy atom. The summed E-state index contributed by atoms with van der Waals surface area (Å²) in [6.45, 7) is 2.65. The number of hydrogen-bond donors (Lipinski definition) is 1. The number of aromatic amines is 1. The van der Waals surface area contributed by atoms with E-state index in [0.29, 0.717) is 11.7 Å². The number of halogens is 1. The fourth-order valence-electron chi connectivity index (χ4n) is 1.26. The van der Waals surface area contributed by atoms with E-state index in [4.69, 9.17) is 0 Å². The summed E-state index contributed by atoms with van der Waals surface area (Å²) in [5, 5.41) is 7.76. The topological polar surface area (TPSA) is 76.5 Å². The van der Waals surface area contributed by atoms with E-state index >= 15 is 0 Å². The van der Waals surface area contributed by atoms with E-state index in [1.807, 2.05) is 6.92 Å². The minimum atomic E-state index is -0.195. The summed E-state index contributed by atoms with van der Waals surface area (Å²) in [5.41, 5.74) is -0.195. The maximum absolute atomic E-state index is 11.5. The highest BCUT2D eigenvalue weighted by Crippen LogP contribution is 2.28. The van der Waals surface area contributed by atoms with Crippen molar-refractivity contribution in [2.75, 3.05) is 0 Å². The summed E-state index contributed by atoms with van der Waals surface area (Å²) >= 11 is 4.68. The highest BCUT2D eigenvalue weighted by Gasteiger charge is 2.11. The largest absolute Gasteiger partial charge is 0.343 e. The first kappa shape index (κ1) is 12.3. The average molecular weight is 316 g/mol. The first-order chi connectivity index (χ1) is 8.22. The lowest BCUT2D eigenvalue weighted by Crippen LogP contribution is -2.17. The molecule has 0 aliphatic carbocycles. The van der Waals surface area contributed by atoms with Crippen LogP contribution in [0.5, 0.6) is 0 Å². The van der Waals surface area contributed by atoms with Gasteiger partial charge in [-0.25, -0.2) is 19.9 Å². The molecule has 90 valence electrons. The number of rotatable bonds is 4. The SMILES string of the molecule is CCCn1c(Sc2ncncc2Br)n[nH]c1=O. The molecular weight excluding hydrogens is 306 g/mol. The zero-order valence-corrected chi connectivity index (χ0v) is 11.5. The van der Waals surface area contributed by atoms with E-state index in [-0.39, 0.29) is 5.69 Å². The molecule has 0 bridgehead atoms. The lowest BCUT2D eigenvalue weighted by molar-refractivity contribution is 0.603. The third kappa shape index (κ3) is 2.75. The fourth-order valence-corrected chi connectivity index (χ4v) is 2.53. The third-order valence-corrected chi connectivity index (χ3v) is 3.85. The Balaban J connectivity index is 2.30. The zero-order chi connectivity index (χ0) is 12.3. The van der Waals surface area contributed by atoms with Gasteiger partial charge < -0.3 is 0 Å². The molecule has 6 nitrogen and oxygen atoms in total. The minimum absolute atomic E-state index is 0.195. The molecule has 0 aliphatic rings. The summed E-state index contributed by atoms with van der Waals surface area (Å²) in [6.07, 6.45) is 3.99. The van der Waals surface area contributed by atoms with Crippen LogP contribution in [0.4, 0.5) is 0 Å². The first-order valence-electron chi connectivity index (χ1n) is 5.01. The van der Waals surface area contributed by atoms with Crippen LogP contribution in [0.3, 0.4) is 0 Å². The molecule has 0 saturated carbocycles. The molecule has 0 aromatic carbocycles. The van der Waals surface area contributed by atoms with Crippen molar-refractivity contribution >= 4 is 27.7 Å². The van der Waals surface area contributed by atoms with Crippen molar-refractivity contribution in [1.82, 2.24) is 24.7 Å². The van der Waals surface area contributed by atoms with Crippen LogP contribution in [0.1, 0.15) is 13.3 Å². The van der Waals surface area contributed by atoms with Crippen LogP contribution in [0.15, 0.2) is 32.0 Å². The standard InChI is InChI=1S/C9H10BrN5OS/c1-2-3-15-8(16)13-14-9(15)17-7-6(10)4-11-5-12-7/h4-5H,2-3H2,1H3,(H,13,16). The van der Waals surface area contributed by atoms with Crippen LogP contribution in [0, 0.1) is 0 Å². The van der Waals surface area contributed by atoms with E-state index in [0.717, 1.165) is 15.9 Å². The van der Waals surface area contributed by atoms with Crippen molar-refractivity contribution in [2.24, 2.45) is 0 Å². The second-order valence-electron chi connectivity index (χ2n) is 3.24. The van der Waals surface area contributed by atoms with Crippen LogP contribution in [-0.4, -0.2) is 24.7 Å². The zero-order valence-electron chi connectivity index (χ0n) is 9.05. The molecule has 8 heteroatoms. The Bertz CT molecular complexity index is 567. The van der Waals surface area contributed by atoms with Gasteiger partial charge in [0.05, 0.1) is 4.47 Å². The quantitative estimate of drug-likeness (QED) is 0.869. The molecule has 0 spiro atoms. The molecule has 2 rings (SSSR count). The van der Waals surface area contributed by atoms with Gasteiger partial charge in [0.1, 0.15) is 11.4 Å². The lowest BCUT2D eigenvalue weighted by atomic mass is 10.5. The highest BCUT2D eigenvalue weighted by molar-refractivity contribution is 9.10. The molecule has 2 aromatic heterocycles. The monoisotopic (exact) mass is 315 g/mol. The van der Waals surface area contributed by atoms with E-state index in [1.54, 1.807) is 10.8 Å². The second-order valence-corrected chi connectivity index (χ2v) is 5.05. The van der Waals surface area contributed by atoms with Crippen LogP contribution >= 0.6 is 27.7 Å². The molecule has 0 fully saturated rings. The smallest absolute Gasteiger partial charge is 0.270 e. The number of aromatic nitrogens is 5. The molecule has 0 atom stereocenters. The summed E-state index contributed by atoms with van der Waals surface area (Å²) in [6, 6.07) is 0. The molecule has 17 heavy (non-hydrogen) atoms. The maximum atomic E-state index is 11.5. The molecule has 0 saturated heterocycles. The summed E-state index contributed by atoms with van der Waals surface area (Å²) in [5.74, 6) is 0. The van der Waals surface area contributed by atoms with Crippen molar-refractivity contribution in [1.29, 1.82) is 0 Å². The Labute approximate surface area is 110 Å². The minimum Gasteiger partial charge on any atom is -0.270 e. The highest BCUT2D eigenvalue weighted by atomic mass is 79.9. The van der Waals surface area contributed by atoms with E-state index in [9.17, 15) is 4.79 Å². The molecule has 2 aromatic rings. The maximum Gasteiger partial charge on any atom is 0.343 e. The number of nitrogens with zero attached hydrogens (tertiary/aromatic N) is 4. The van der Waals surface area contributed by atoms with Crippen molar-refractivity contribution < 1.29 is 0 Å². The second kappa shape index (κ2) is 5.46. The Morgan fingerprint density at radius 1 is 1.59 bits per heavy atom. The van der Waals surface area contributed by atoms with Crippen LogP contribution in [0.25, 0.3) is 0 Å². The Hall–Kier alpha value is -1.15. The number of nitrogens with one attached hydrogen (secondary N) is 1. The molecule has 1 N–H and O–H groups in total. The molecule has 0 aliphatic heterocycles. The Kier molecular flexibility index (Phi) is 3.95. The van der Waals surface area contributed by atoms with Gasteiger partial charge in [-0.05, 0) is 34.1 Å². The normalized spacial score (nSPS) is 10.7. The summed E-state index contributed by atoms with van der Waals surface area (Å²) in [4.78, 5) is 19.5. The molecule has 0 amide bonds. The van der Waals surface area contributed by atoms with Gasteiger partial charge in [0.25, 0.3) is 0 Å². The van der Waals surface area contributed by atoms with Crippen molar-refractivity contribution in [2.45, 2.75) is 30.1 Å². The van der Waals surface area contributed by atoms with Gasteiger partial charge in [0.2, 0.25) is 0 Å². The van der Waals surface area contributed by atoms with E-state index in [2.05, 4.69) is 36.1 Å². The van der Waals surface area contributed by atoms with Crippen LogP contribution < -0.4 is 5.69 Å². The average Bonchev–Trinajstić information content (AvgIpc) is 2.65. The van der Waals surface area contributed by atoms with Gasteiger partial charge in [-0.3, -0.25) is 4.57 Å². The van der Waals surface area contributed by atoms with Crippen molar-refractivity contribution in [3.63, 3.8) is 0 Å². The fraction of sp³-hybridized carbons (Fsp3) is 0.333. The molecular formula is C9H10BrN5OS. The number of hydrogen-bond acceptors (Lipinski definition) is 5. The molecule has 2 heterocycles. The number of H-pyrrole nitrogens is 1. The molecule has 0 unspecified atom stereocenters. The predicted octanol–water partition coefficient (Wildman–Crippen LogP) is 1.69. The predicted molar refractivity (Wildman–Crippen MR) is 67.0 cm³/mol. The summed E-state index contributed by atoms with van der Waals surface area (Å²) < 4.78 is 2.38. The van der Waals surface area contributed by atoms with Crippen LogP contribution in [0.2, 0.25) is 0 Å². The first-order valence-corrected chi connectivity index (χ1v) is 6.62. The van der Waals surface area contributed by atoms with Gasteiger partial charge in [-0.15, -0.1) is 5.10 Å². The van der Waals surface area contributed by atoms with Crippen molar-refractivity contribution in [3.05, 3.63) is 27.5 Å². The Morgan fingerprint density at radius 2 is 2.41 bits per heavy atom. The van der Waals surface area contributed by atoms with Gasteiger partial charge in [0, 0.05) is 12.7 Å². The van der Waals surface area contributed by atoms with Gasteiger partial charge in [0.15, 0.2) is 5.16 Å². The third-order valence-electron chi connectivity index (χ3n) is 1.99. The van der Waals surface area contributed by atoms with E-state index < -0.39 is 0 Å². The van der Waals surface area contributed by atoms with Crippen molar-refractivity contribution in [3.8, 4) is 0 Å². The van der Waals surface area contributed by atoms with Gasteiger partial charge in [-0.2, -0.15) is 0 Å². The van der Waals surface area contributed by atoms with Gasteiger partial charge >= 0.3 is 5.69 Å². The molecule has 0 radical (unpaired) electrons. The van der Waals surface area contributed by atoms with Gasteiger partial charge in [-0.1, -0.05) is 6.92 Å². The van der Waals surface area contributed by atoms with E-state index in [1.165, 1.54) is 18.1 Å².